The van der Waals surface area contributed by atoms with Crippen LogP contribution in [0, 0.1) is 17.2 Å². The molecule has 30 heavy (non-hydrogen) atoms. The predicted octanol–water partition coefficient (Wildman–Crippen LogP) is 2.86. The third-order valence-electron chi connectivity index (χ3n) is 4.94. The zero-order chi connectivity index (χ0) is 22.1. The quantitative estimate of drug-likeness (QED) is 0.726. The Morgan fingerprint density at radius 2 is 2.13 bits per heavy atom. The highest BCUT2D eigenvalue weighted by Gasteiger charge is 2.52. The fourth-order valence-electron chi connectivity index (χ4n) is 3.38. The number of amidine groups is 1. The van der Waals surface area contributed by atoms with Crippen LogP contribution in [0.25, 0.3) is 0 Å². The number of nitriles is 1. The van der Waals surface area contributed by atoms with Crippen LogP contribution in [-0.2, 0) is 4.74 Å². The molecule has 0 saturated carbocycles. The summed E-state index contributed by atoms with van der Waals surface area (Å²) in [6.07, 6.45) is -4.01. The summed E-state index contributed by atoms with van der Waals surface area (Å²) in [5, 5.41) is 11.3. The minimum absolute atomic E-state index is 0.0261. The smallest absolute Gasteiger partial charge is 0.425 e. The molecule has 1 aromatic rings. The minimum Gasteiger partial charge on any atom is -0.452 e. The van der Waals surface area contributed by atoms with Crippen LogP contribution in [0.1, 0.15) is 35.8 Å². The Morgan fingerprint density at radius 1 is 1.40 bits per heavy atom. The lowest BCUT2D eigenvalue weighted by molar-refractivity contribution is -0.209. The van der Waals surface area contributed by atoms with Crippen molar-refractivity contribution in [2.75, 3.05) is 0 Å². The summed E-state index contributed by atoms with van der Waals surface area (Å²) in [7, 11) is 0. The van der Waals surface area contributed by atoms with Gasteiger partial charge in [0.05, 0.1) is 11.1 Å². The summed E-state index contributed by atoms with van der Waals surface area (Å²) in [6, 6.07) is 3.97. The number of halogens is 4. The van der Waals surface area contributed by atoms with Crippen molar-refractivity contribution in [2.45, 2.75) is 37.6 Å². The van der Waals surface area contributed by atoms with Gasteiger partial charge >= 0.3 is 6.18 Å². The average Bonchev–Trinajstić information content (AvgIpc) is 2.68. The van der Waals surface area contributed by atoms with Crippen LogP contribution in [0.5, 0.6) is 0 Å². The molecular weight excluding hydrogens is 406 g/mol. The Labute approximate surface area is 168 Å². The Balaban J connectivity index is 1.78. The molecular formula is C19H17F4N5O2. The third kappa shape index (κ3) is 4.42. The van der Waals surface area contributed by atoms with Crippen molar-refractivity contribution in [3.8, 4) is 6.07 Å². The molecule has 3 N–H and O–H groups in total. The highest BCUT2D eigenvalue weighted by Crippen LogP contribution is 2.44. The van der Waals surface area contributed by atoms with E-state index in [0.29, 0.717) is 0 Å². The Morgan fingerprint density at radius 3 is 2.73 bits per heavy atom. The topological polar surface area (TPSA) is 113 Å². The Kier molecular flexibility index (Phi) is 5.52. The van der Waals surface area contributed by atoms with Gasteiger partial charge in [-0.15, -0.1) is 0 Å². The van der Waals surface area contributed by atoms with E-state index >= 15 is 0 Å². The monoisotopic (exact) mass is 423 g/mol. The van der Waals surface area contributed by atoms with Gasteiger partial charge in [-0.2, -0.15) is 18.4 Å². The van der Waals surface area contributed by atoms with Crippen LogP contribution in [-0.4, -0.2) is 34.7 Å². The molecule has 0 aromatic carbocycles. The number of aliphatic imine (C=N–C) groups is 1. The second-order valence-corrected chi connectivity index (χ2v) is 7.16. The number of nitrogens with one attached hydrogen (secondary N) is 1. The average molecular weight is 423 g/mol. The highest BCUT2D eigenvalue weighted by atomic mass is 19.4. The van der Waals surface area contributed by atoms with Gasteiger partial charge in [-0.05, 0) is 37.6 Å². The Hall–Kier alpha value is -3.42. The number of alkyl halides is 3. The first-order chi connectivity index (χ1) is 14.0. The second kappa shape index (κ2) is 7.78. The number of pyridine rings is 1. The van der Waals surface area contributed by atoms with Crippen LogP contribution in [0.4, 0.5) is 17.6 Å². The SMILES string of the molecule is C[C@@]1(C2CC(NC(=O)c3ccc(C#N)cn3)=CC=C2F)C[C@@H](C(F)(F)F)OC(N)=N1. The summed E-state index contributed by atoms with van der Waals surface area (Å²) in [5.41, 5.74) is 4.49. The van der Waals surface area contributed by atoms with E-state index in [0.717, 1.165) is 6.08 Å². The van der Waals surface area contributed by atoms with Crippen molar-refractivity contribution in [3.63, 3.8) is 0 Å². The lowest BCUT2D eigenvalue weighted by Gasteiger charge is -2.41. The van der Waals surface area contributed by atoms with Crippen LogP contribution < -0.4 is 11.1 Å². The number of aromatic nitrogens is 1. The number of nitrogens with zero attached hydrogens (tertiary/aromatic N) is 3. The third-order valence-corrected chi connectivity index (χ3v) is 4.94. The normalized spacial score (nSPS) is 26.5. The van der Waals surface area contributed by atoms with Gasteiger partial charge in [-0.25, -0.2) is 14.4 Å². The van der Waals surface area contributed by atoms with Gasteiger partial charge in [0.1, 0.15) is 17.6 Å². The standard InChI is InChI=1S/C19H17F4N5O2/c1-18(7-15(19(21,22)23)30-17(25)28-18)12-6-11(3-4-13(12)20)27-16(29)14-5-2-10(8-24)9-26-14/h2-5,9,12,15H,6-7H2,1H3,(H2,25,28)(H,27,29)/t12?,15-,18-/m0/s1. The van der Waals surface area contributed by atoms with Gasteiger partial charge in [0, 0.05) is 24.2 Å². The van der Waals surface area contributed by atoms with Gasteiger partial charge in [0.15, 0.2) is 6.10 Å². The molecule has 1 unspecified atom stereocenters. The van der Waals surface area contributed by atoms with Gasteiger partial charge in [0.2, 0.25) is 0 Å². The molecule has 1 aromatic heterocycles. The summed E-state index contributed by atoms with van der Waals surface area (Å²) in [4.78, 5) is 20.2. The number of amides is 1. The molecule has 0 fully saturated rings. The van der Waals surface area contributed by atoms with E-state index in [9.17, 15) is 22.4 Å². The lowest BCUT2D eigenvalue weighted by atomic mass is 9.76. The minimum atomic E-state index is -4.69. The van der Waals surface area contributed by atoms with Crippen LogP contribution in [0.2, 0.25) is 0 Å². The molecule has 3 rings (SSSR count). The first kappa shape index (κ1) is 21.3. The summed E-state index contributed by atoms with van der Waals surface area (Å²) in [6.45, 7) is 1.37. The number of hydrogen-bond acceptors (Lipinski definition) is 6. The highest BCUT2D eigenvalue weighted by molar-refractivity contribution is 5.93. The molecule has 0 saturated heterocycles. The Bertz CT molecular complexity index is 978. The van der Waals surface area contributed by atoms with Crippen molar-refractivity contribution in [2.24, 2.45) is 16.6 Å². The van der Waals surface area contributed by atoms with Gasteiger partial charge in [0.25, 0.3) is 11.9 Å². The van der Waals surface area contributed by atoms with E-state index in [4.69, 9.17) is 11.0 Å². The number of carbonyl (C=O) groups is 1. The predicted molar refractivity (Wildman–Crippen MR) is 97.4 cm³/mol. The van der Waals surface area contributed by atoms with Crippen molar-refractivity contribution in [3.05, 3.63) is 53.3 Å². The number of hydrogen-bond donors (Lipinski definition) is 2. The molecule has 2 aliphatic rings. The van der Waals surface area contributed by atoms with Crippen LogP contribution in [0.15, 0.2) is 47.0 Å². The van der Waals surface area contributed by atoms with Crippen molar-refractivity contribution in [1.82, 2.24) is 10.3 Å². The summed E-state index contributed by atoms with van der Waals surface area (Å²) in [5.74, 6) is -2.36. The molecule has 1 aliphatic heterocycles. The largest absolute Gasteiger partial charge is 0.452 e. The number of rotatable bonds is 3. The number of ether oxygens (including phenoxy) is 1. The fourth-order valence-corrected chi connectivity index (χ4v) is 3.38. The zero-order valence-corrected chi connectivity index (χ0v) is 15.7. The molecule has 2 heterocycles. The van der Waals surface area contributed by atoms with Crippen LogP contribution >= 0.6 is 0 Å². The van der Waals surface area contributed by atoms with Gasteiger partial charge in [-0.3, -0.25) is 4.79 Å². The maximum absolute atomic E-state index is 14.6. The second-order valence-electron chi connectivity index (χ2n) is 7.16. The molecule has 1 amide bonds. The van der Waals surface area contributed by atoms with Crippen LogP contribution in [0.3, 0.4) is 0 Å². The van der Waals surface area contributed by atoms with E-state index in [1.54, 1.807) is 0 Å². The molecule has 158 valence electrons. The maximum atomic E-state index is 14.6. The summed E-state index contributed by atoms with van der Waals surface area (Å²) >= 11 is 0. The summed E-state index contributed by atoms with van der Waals surface area (Å²) < 4.78 is 58.7. The van der Waals surface area contributed by atoms with Gasteiger partial charge < -0.3 is 15.8 Å². The number of carbonyl (C=O) groups excluding carboxylic acids is 1. The van der Waals surface area contributed by atoms with Crippen molar-refractivity contribution in [1.29, 1.82) is 5.26 Å². The lowest BCUT2D eigenvalue weighted by Crippen LogP contribution is -2.50. The molecule has 3 atom stereocenters. The van der Waals surface area contributed by atoms with E-state index in [1.807, 2.05) is 6.07 Å². The molecule has 0 radical (unpaired) electrons. The van der Waals surface area contributed by atoms with Gasteiger partial charge in [-0.1, -0.05) is 0 Å². The van der Waals surface area contributed by atoms with E-state index in [-0.39, 0.29) is 23.4 Å². The fraction of sp³-hybridized carbons (Fsp3) is 0.368. The molecule has 0 spiro atoms. The first-order valence-corrected chi connectivity index (χ1v) is 8.84. The number of allylic oxidation sites excluding steroid dienone is 3. The van der Waals surface area contributed by atoms with E-state index < -0.39 is 47.9 Å². The zero-order valence-electron chi connectivity index (χ0n) is 15.7. The van der Waals surface area contributed by atoms with Crippen molar-refractivity contribution >= 4 is 11.9 Å². The number of nitrogens with two attached hydrogens (primary N) is 1. The molecule has 7 nitrogen and oxygen atoms in total. The van der Waals surface area contributed by atoms with E-state index in [1.165, 1.54) is 31.3 Å². The molecule has 0 bridgehead atoms. The van der Waals surface area contributed by atoms with E-state index in [2.05, 4.69) is 20.0 Å². The molecule has 11 heteroatoms. The van der Waals surface area contributed by atoms with Crippen molar-refractivity contribution < 1.29 is 27.1 Å². The first-order valence-electron chi connectivity index (χ1n) is 8.84. The molecule has 1 aliphatic carbocycles. The maximum Gasteiger partial charge on any atom is 0.425 e.